The highest BCUT2D eigenvalue weighted by molar-refractivity contribution is 5.90. The fraction of sp³-hybridized carbons (Fsp3) is 0.722. The van der Waals surface area contributed by atoms with Crippen molar-refractivity contribution < 1.29 is 14.3 Å². The third-order valence-corrected chi connectivity index (χ3v) is 4.61. The number of anilines is 1. The van der Waals surface area contributed by atoms with Crippen molar-refractivity contribution in [3.63, 3.8) is 0 Å². The normalized spacial score (nSPS) is 24.5. The van der Waals surface area contributed by atoms with Gasteiger partial charge in [0.1, 0.15) is 5.56 Å². The zero-order valence-corrected chi connectivity index (χ0v) is 15.4. The van der Waals surface area contributed by atoms with Gasteiger partial charge in [-0.2, -0.15) is 0 Å². The highest BCUT2D eigenvalue weighted by Crippen LogP contribution is 2.20. The zero-order chi connectivity index (χ0) is 17.8. The van der Waals surface area contributed by atoms with Crippen LogP contribution in [-0.2, 0) is 16.0 Å². The number of carbonyl (C=O) groups excluding carboxylic acids is 1. The van der Waals surface area contributed by atoms with Gasteiger partial charge in [0.15, 0.2) is 0 Å². The highest BCUT2D eigenvalue weighted by atomic mass is 16.5. The summed E-state index contributed by atoms with van der Waals surface area (Å²) in [6.45, 7) is 10.5. The largest absolute Gasteiger partial charge is 0.462 e. The Morgan fingerprint density at radius 2 is 1.96 bits per heavy atom. The molecular weight excluding hydrogens is 320 g/mol. The van der Waals surface area contributed by atoms with Crippen LogP contribution in [0, 0.1) is 0 Å². The number of esters is 1. The molecule has 0 unspecified atom stereocenters. The minimum Gasteiger partial charge on any atom is -0.462 e. The van der Waals surface area contributed by atoms with E-state index in [0.717, 1.165) is 50.7 Å². The van der Waals surface area contributed by atoms with Crippen LogP contribution in [0.1, 0.15) is 49.7 Å². The molecule has 2 aliphatic heterocycles. The Kier molecular flexibility index (Phi) is 5.86. The molecule has 3 heterocycles. The Morgan fingerprint density at radius 1 is 1.28 bits per heavy atom. The van der Waals surface area contributed by atoms with Gasteiger partial charge in [0, 0.05) is 38.9 Å². The summed E-state index contributed by atoms with van der Waals surface area (Å²) in [6.07, 6.45) is 4.30. The lowest BCUT2D eigenvalue weighted by atomic mass is 10.1. The van der Waals surface area contributed by atoms with Crippen molar-refractivity contribution in [2.24, 2.45) is 0 Å². The molecular formula is C18H28N4O3. The smallest absolute Gasteiger partial charge is 0.341 e. The van der Waals surface area contributed by atoms with Crippen LogP contribution < -0.4 is 4.90 Å². The molecule has 138 valence electrons. The number of rotatable bonds is 5. The van der Waals surface area contributed by atoms with Gasteiger partial charge in [-0.25, -0.2) is 14.8 Å². The Balaban J connectivity index is 1.84. The van der Waals surface area contributed by atoms with Crippen LogP contribution in [0.2, 0.25) is 0 Å². The summed E-state index contributed by atoms with van der Waals surface area (Å²) in [5.74, 6) is 0.370. The topological polar surface area (TPSA) is 67.8 Å². The molecule has 3 rings (SSSR count). The lowest BCUT2D eigenvalue weighted by Gasteiger charge is -2.35. The summed E-state index contributed by atoms with van der Waals surface area (Å²) in [5, 5.41) is 0. The fourth-order valence-electron chi connectivity index (χ4n) is 3.60. The van der Waals surface area contributed by atoms with Gasteiger partial charge in [-0.15, -0.1) is 0 Å². The first-order chi connectivity index (χ1) is 12.1. The third-order valence-electron chi connectivity index (χ3n) is 4.61. The summed E-state index contributed by atoms with van der Waals surface area (Å²) in [6, 6.07) is 0. The number of hydrogen-bond acceptors (Lipinski definition) is 7. The van der Waals surface area contributed by atoms with E-state index in [1.807, 2.05) is 6.92 Å². The number of nitrogens with zero attached hydrogens (tertiary/aromatic N) is 4. The van der Waals surface area contributed by atoms with Crippen LogP contribution in [0.3, 0.4) is 0 Å². The SMILES string of the molecule is CCOC(=O)c1cnc(N2CCCC2)nc1CN1C[C@@H](C)O[C@H](C)C1. The molecule has 0 amide bonds. The van der Waals surface area contributed by atoms with E-state index < -0.39 is 0 Å². The predicted molar refractivity (Wildman–Crippen MR) is 94.7 cm³/mol. The minimum absolute atomic E-state index is 0.176. The highest BCUT2D eigenvalue weighted by Gasteiger charge is 2.26. The van der Waals surface area contributed by atoms with Crippen molar-refractivity contribution in [2.45, 2.75) is 52.4 Å². The maximum atomic E-state index is 12.3. The number of morpholine rings is 1. The maximum Gasteiger partial charge on any atom is 0.341 e. The number of carbonyl (C=O) groups is 1. The summed E-state index contributed by atoms with van der Waals surface area (Å²) < 4.78 is 11.0. The zero-order valence-electron chi connectivity index (χ0n) is 15.4. The van der Waals surface area contributed by atoms with Gasteiger partial charge < -0.3 is 14.4 Å². The number of aromatic nitrogens is 2. The Hall–Kier alpha value is -1.73. The Morgan fingerprint density at radius 3 is 2.60 bits per heavy atom. The molecule has 1 aromatic rings. The van der Waals surface area contributed by atoms with Gasteiger partial charge in [0.25, 0.3) is 0 Å². The molecule has 7 nitrogen and oxygen atoms in total. The molecule has 0 bridgehead atoms. The first-order valence-corrected chi connectivity index (χ1v) is 9.22. The minimum atomic E-state index is -0.347. The summed E-state index contributed by atoms with van der Waals surface area (Å²) in [4.78, 5) is 25.9. The van der Waals surface area contributed by atoms with Gasteiger partial charge in [0.05, 0.1) is 24.5 Å². The Labute approximate surface area is 149 Å². The van der Waals surface area contributed by atoms with E-state index >= 15 is 0 Å². The first kappa shape index (κ1) is 18.1. The van der Waals surface area contributed by atoms with Crippen LogP contribution in [0.15, 0.2) is 6.20 Å². The lowest BCUT2D eigenvalue weighted by Crippen LogP contribution is -2.45. The summed E-state index contributed by atoms with van der Waals surface area (Å²) >= 11 is 0. The van der Waals surface area contributed by atoms with Gasteiger partial charge in [-0.05, 0) is 33.6 Å². The lowest BCUT2D eigenvalue weighted by molar-refractivity contribution is -0.0708. The average Bonchev–Trinajstić information content (AvgIpc) is 3.08. The van der Waals surface area contributed by atoms with Crippen molar-refractivity contribution >= 4 is 11.9 Å². The molecule has 2 aliphatic rings. The monoisotopic (exact) mass is 348 g/mol. The predicted octanol–water partition coefficient (Wildman–Crippen LogP) is 1.86. The van der Waals surface area contributed by atoms with E-state index in [1.165, 1.54) is 0 Å². The quantitative estimate of drug-likeness (QED) is 0.752. The second-order valence-electron chi connectivity index (χ2n) is 6.90. The molecule has 0 radical (unpaired) electrons. The van der Waals surface area contributed by atoms with Crippen molar-refractivity contribution in [1.82, 2.24) is 14.9 Å². The molecule has 0 aliphatic carbocycles. The van der Waals surface area contributed by atoms with Crippen LogP contribution in [0.4, 0.5) is 5.95 Å². The Bertz CT molecular complexity index is 594. The molecule has 0 saturated carbocycles. The van der Waals surface area contributed by atoms with Crippen molar-refractivity contribution in [3.8, 4) is 0 Å². The van der Waals surface area contributed by atoms with Gasteiger partial charge in [-0.1, -0.05) is 0 Å². The number of hydrogen-bond donors (Lipinski definition) is 0. The summed E-state index contributed by atoms with van der Waals surface area (Å²) in [5.41, 5.74) is 1.22. The van der Waals surface area contributed by atoms with Crippen LogP contribution in [0.5, 0.6) is 0 Å². The second-order valence-corrected chi connectivity index (χ2v) is 6.90. The van der Waals surface area contributed by atoms with Gasteiger partial charge >= 0.3 is 5.97 Å². The average molecular weight is 348 g/mol. The first-order valence-electron chi connectivity index (χ1n) is 9.22. The van der Waals surface area contributed by atoms with E-state index in [4.69, 9.17) is 14.5 Å². The van der Waals surface area contributed by atoms with Crippen molar-refractivity contribution in [3.05, 3.63) is 17.5 Å². The molecule has 0 spiro atoms. The molecule has 7 heteroatoms. The van der Waals surface area contributed by atoms with E-state index in [2.05, 4.69) is 28.6 Å². The van der Waals surface area contributed by atoms with E-state index in [0.29, 0.717) is 18.7 Å². The van der Waals surface area contributed by atoms with Crippen LogP contribution >= 0.6 is 0 Å². The fourth-order valence-corrected chi connectivity index (χ4v) is 3.60. The van der Waals surface area contributed by atoms with E-state index in [9.17, 15) is 4.79 Å². The second kappa shape index (κ2) is 8.10. The van der Waals surface area contributed by atoms with Crippen LogP contribution in [0.25, 0.3) is 0 Å². The molecule has 0 aromatic carbocycles. The molecule has 25 heavy (non-hydrogen) atoms. The molecule has 2 saturated heterocycles. The van der Waals surface area contributed by atoms with Crippen molar-refractivity contribution in [2.75, 3.05) is 37.7 Å². The summed E-state index contributed by atoms with van der Waals surface area (Å²) in [7, 11) is 0. The molecule has 2 fully saturated rings. The maximum absolute atomic E-state index is 12.3. The van der Waals surface area contributed by atoms with Crippen molar-refractivity contribution in [1.29, 1.82) is 0 Å². The number of ether oxygens (including phenoxy) is 2. The van der Waals surface area contributed by atoms with E-state index in [1.54, 1.807) is 6.20 Å². The van der Waals surface area contributed by atoms with Gasteiger partial charge in [-0.3, -0.25) is 4.90 Å². The van der Waals surface area contributed by atoms with E-state index in [-0.39, 0.29) is 18.2 Å². The van der Waals surface area contributed by atoms with Gasteiger partial charge in [0.2, 0.25) is 5.95 Å². The molecule has 2 atom stereocenters. The molecule has 1 aromatic heterocycles. The molecule has 0 N–H and O–H groups in total. The standard InChI is InChI=1S/C18H28N4O3/c1-4-24-17(23)15-9-19-18(22-7-5-6-8-22)20-16(15)12-21-10-13(2)25-14(3)11-21/h9,13-14H,4-8,10-12H2,1-3H3/t13-,14-/m1/s1. The van der Waals surface area contributed by atoms with Crippen LogP contribution in [-0.4, -0.2) is 65.8 Å². The third kappa shape index (κ3) is 4.46.